The lowest BCUT2D eigenvalue weighted by Gasteiger charge is -2.29. The van der Waals surface area contributed by atoms with Crippen molar-refractivity contribution < 1.29 is 19.5 Å². The second kappa shape index (κ2) is 6.63. The summed E-state index contributed by atoms with van der Waals surface area (Å²) in [5.74, 6) is 1.04. The maximum absolute atomic E-state index is 11.6. The molecule has 0 saturated heterocycles. The van der Waals surface area contributed by atoms with E-state index >= 15 is 0 Å². The van der Waals surface area contributed by atoms with Crippen LogP contribution in [0.25, 0.3) is 0 Å². The lowest BCUT2D eigenvalue weighted by atomic mass is 10.1. The average Bonchev–Trinajstić information content (AvgIpc) is 3.49. The molecule has 0 bridgehead atoms. The molecule has 1 spiro atoms. The van der Waals surface area contributed by atoms with Crippen molar-refractivity contribution in [3.8, 4) is 11.5 Å². The Bertz CT molecular complexity index is 815. The van der Waals surface area contributed by atoms with Crippen LogP contribution in [0.2, 0.25) is 0 Å². The van der Waals surface area contributed by atoms with Crippen molar-refractivity contribution in [3.63, 3.8) is 0 Å². The van der Waals surface area contributed by atoms with Crippen LogP contribution in [0.1, 0.15) is 34.3 Å². The fourth-order valence-electron chi connectivity index (χ4n) is 3.48. The van der Waals surface area contributed by atoms with Gasteiger partial charge in [0.1, 0.15) is 18.1 Å². The molecule has 1 aliphatic carbocycles. The number of nitrogens with zero attached hydrogens (tertiary/aromatic N) is 1. The monoisotopic (exact) mass is 354 g/mol. The Morgan fingerprint density at radius 1 is 1.27 bits per heavy atom. The third kappa shape index (κ3) is 3.13. The van der Waals surface area contributed by atoms with Crippen molar-refractivity contribution in [3.05, 3.63) is 59.2 Å². The summed E-state index contributed by atoms with van der Waals surface area (Å²) in [6, 6.07) is 13.5. The minimum Gasteiger partial charge on any atom is -0.497 e. The highest BCUT2D eigenvalue weighted by Crippen LogP contribution is 2.46. The van der Waals surface area contributed by atoms with Gasteiger partial charge in [-0.05, 0) is 42.7 Å². The highest BCUT2D eigenvalue weighted by atomic mass is 16.5. The molecule has 2 aromatic rings. The zero-order valence-electron chi connectivity index (χ0n) is 14.7. The second-order valence-corrected chi connectivity index (χ2v) is 6.98. The number of hydrogen-bond acceptors (Lipinski definition) is 5. The van der Waals surface area contributed by atoms with Gasteiger partial charge >= 0.3 is 0 Å². The number of rotatable bonds is 4. The van der Waals surface area contributed by atoms with E-state index in [4.69, 9.17) is 14.7 Å². The standard InChI is InChI=1S/C20H22N2O4/c1-25-17-6-2-14(3-7-17)11-22-12-16-5-4-15(19(23)21-24)10-18(16)26-13-20(22)8-9-20/h2-7,10,24H,8-9,11-13H2,1H3,(H,21,23). The van der Waals surface area contributed by atoms with Crippen LogP contribution in [0, 0.1) is 0 Å². The summed E-state index contributed by atoms with van der Waals surface area (Å²) in [6.07, 6.45) is 2.22. The van der Waals surface area contributed by atoms with Gasteiger partial charge in [0.25, 0.3) is 5.91 Å². The largest absolute Gasteiger partial charge is 0.497 e. The number of hydrogen-bond donors (Lipinski definition) is 2. The van der Waals surface area contributed by atoms with E-state index in [0.717, 1.165) is 43.0 Å². The van der Waals surface area contributed by atoms with Gasteiger partial charge in [-0.15, -0.1) is 0 Å². The predicted molar refractivity (Wildman–Crippen MR) is 95.4 cm³/mol. The molecule has 1 amide bonds. The number of carbonyl (C=O) groups is 1. The Labute approximate surface area is 152 Å². The molecule has 0 aromatic heterocycles. The van der Waals surface area contributed by atoms with E-state index in [9.17, 15) is 4.79 Å². The molecule has 1 fully saturated rings. The van der Waals surface area contributed by atoms with Crippen LogP contribution in [0.3, 0.4) is 0 Å². The highest BCUT2D eigenvalue weighted by Gasteiger charge is 2.50. The summed E-state index contributed by atoms with van der Waals surface area (Å²) < 4.78 is 11.3. The van der Waals surface area contributed by atoms with Crippen molar-refractivity contribution >= 4 is 5.91 Å². The summed E-state index contributed by atoms with van der Waals surface area (Å²) in [7, 11) is 1.67. The van der Waals surface area contributed by atoms with E-state index in [-0.39, 0.29) is 5.54 Å². The molecular formula is C20H22N2O4. The molecular weight excluding hydrogens is 332 g/mol. The number of carbonyl (C=O) groups excluding carboxylic acids is 1. The lowest BCUT2D eigenvalue weighted by Crippen LogP contribution is -2.39. The van der Waals surface area contributed by atoms with Gasteiger partial charge in [0.15, 0.2) is 0 Å². The smallest absolute Gasteiger partial charge is 0.274 e. The van der Waals surface area contributed by atoms with E-state index in [1.807, 2.05) is 18.2 Å². The molecule has 26 heavy (non-hydrogen) atoms. The minimum absolute atomic E-state index is 0.0678. The molecule has 0 radical (unpaired) electrons. The van der Waals surface area contributed by atoms with E-state index in [2.05, 4.69) is 17.0 Å². The first-order chi connectivity index (χ1) is 12.6. The zero-order valence-corrected chi connectivity index (χ0v) is 14.7. The third-order valence-corrected chi connectivity index (χ3v) is 5.32. The number of amides is 1. The van der Waals surface area contributed by atoms with Crippen molar-refractivity contribution in [2.75, 3.05) is 13.7 Å². The van der Waals surface area contributed by atoms with Crippen LogP contribution in [0.5, 0.6) is 11.5 Å². The number of hydroxylamine groups is 1. The van der Waals surface area contributed by atoms with Gasteiger partial charge in [-0.1, -0.05) is 18.2 Å². The second-order valence-electron chi connectivity index (χ2n) is 6.98. The van der Waals surface area contributed by atoms with E-state index < -0.39 is 5.91 Å². The van der Waals surface area contributed by atoms with Crippen LogP contribution in [0.4, 0.5) is 0 Å². The van der Waals surface area contributed by atoms with Gasteiger partial charge in [-0.25, -0.2) is 5.48 Å². The summed E-state index contributed by atoms with van der Waals surface area (Å²) >= 11 is 0. The molecule has 6 heteroatoms. The summed E-state index contributed by atoms with van der Waals surface area (Å²) in [6.45, 7) is 2.22. The molecule has 2 aliphatic rings. The molecule has 2 N–H and O–H groups in total. The maximum atomic E-state index is 11.6. The Kier molecular flexibility index (Phi) is 4.30. The first-order valence-electron chi connectivity index (χ1n) is 8.72. The van der Waals surface area contributed by atoms with Crippen LogP contribution >= 0.6 is 0 Å². The topological polar surface area (TPSA) is 71.0 Å². The quantitative estimate of drug-likeness (QED) is 0.653. The fraction of sp³-hybridized carbons (Fsp3) is 0.350. The normalized spacial score (nSPS) is 17.8. The van der Waals surface area contributed by atoms with E-state index in [0.29, 0.717) is 12.2 Å². The number of nitrogens with one attached hydrogen (secondary N) is 1. The predicted octanol–water partition coefficient (Wildman–Crippen LogP) is 2.74. The van der Waals surface area contributed by atoms with Crippen molar-refractivity contribution in [1.82, 2.24) is 10.4 Å². The first kappa shape index (κ1) is 16.9. The van der Waals surface area contributed by atoms with Gasteiger partial charge in [0.05, 0.1) is 12.6 Å². The SMILES string of the molecule is COc1ccc(CN2Cc3ccc(C(=O)NO)cc3OCC23CC3)cc1. The number of ether oxygens (including phenoxy) is 2. The molecule has 6 nitrogen and oxygen atoms in total. The Morgan fingerprint density at radius 3 is 2.69 bits per heavy atom. The Hall–Kier alpha value is -2.57. The van der Waals surface area contributed by atoms with Gasteiger partial charge in [-0.2, -0.15) is 0 Å². The average molecular weight is 354 g/mol. The van der Waals surface area contributed by atoms with Crippen LogP contribution in [-0.2, 0) is 13.1 Å². The summed E-state index contributed by atoms with van der Waals surface area (Å²) in [4.78, 5) is 14.1. The summed E-state index contributed by atoms with van der Waals surface area (Å²) in [5, 5.41) is 8.83. The number of methoxy groups -OCH3 is 1. The molecule has 0 atom stereocenters. The van der Waals surface area contributed by atoms with Gasteiger partial charge in [0.2, 0.25) is 0 Å². The van der Waals surface area contributed by atoms with Crippen LogP contribution < -0.4 is 15.0 Å². The van der Waals surface area contributed by atoms with Crippen molar-refractivity contribution in [2.45, 2.75) is 31.5 Å². The van der Waals surface area contributed by atoms with Crippen molar-refractivity contribution in [1.29, 1.82) is 0 Å². The van der Waals surface area contributed by atoms with Gasteiger partial charge in [0, 0.05) is 24.2 Å². The number of benzene rings is 2. The Morgan fingerprint density at radius 2 is 2.04 bits per heavy atom. The molecule has 1 aliphatic heterocycles. The van der Waals surface area contributed by atoms with E-state index in [1.54, 1.807) is 24.7 Å². The molecule has 1 saturated carbocycles. The fourth-order valence-corrected chi connectivity index (χ4v) is 3.48. The van der Waals surface area contributed by atoms with Crippen molar-refractivity contribution in [2.24, 2.45) is 0 Å². The van der Waals surface area contributed by atoms with Crippen LogP contribution in [-0.4, -0.2) is 35.3 Å². The molecule has 0 unspecified atom stereocenters. The Balaban J connectivity index is 1.58. The number of fused-ring (bicyclic) bond motifs is 1. The van der Waals surface area contributed by atoms with Crippen LogP contribution in [0.15, 0.2) is 42.5 Å². The minimum atomic E-state index is -0.531. The highest BCUT2D eigenvalue weighted by molar-refractivity contribution is 5.93. The molecule has 136 valence electrons. The van der Waals surface area contributed by atoms with Gasteiger partial charge < -0.3 is 9.47 Å². The maximum Gasteiger partial charge on any atom is 0.274 e. The summed E-state index contributed by atoms with van der Waals surface area (Å²) in [5.41, 5.74) is 4.41. The first-order valence-corrected chi connectivity index (χ1v) is 8.72. The molecule has 2 aromatic carbocycles. The van der Waals surface area contributed by atoms with Gasteiger partial charge in [-0.3, -0.25) is 14.9 Å². The molecule has 4 rings (SSSR count). The third-order valence-electron chi connectivity index (χ3n) is 5.32. The molecule has 1 heterocycles. The zero-order chi connectivity index (χ0) is 18.1. The lowest BCUT2D eigenvalue weighted by molar-refractivity contribution is 0.0706. The van der Waals surface area contributed by atoms with E-state index in [1.165, 1.54) is 5.56 Å².